The fourth-order valence-electron chi connectivity index (χ4n) is 1.73. The number of carbonyl (C=O) groups excluding carboxylic acids is 1. The Bertz CT molecular complexity index is 537. The van der Waals surface area contributed by atoms with E-state index in [2.05, 4.69) is 11.4 Å². The van der Waals surface area contributed by atoms with Crippen LogP contribution in [0.2, 0.25) is 0 Å². The molecule has 2 aromatic rings. The van der Waals surface area contributed by atoms with Crippen molar-refractivity contribution in [3.05, 3.63) is 65.7 Å². The number of benzene rings is 2. The van der Waals surface area contributed by atoms with Crippen LogP contribution in [0, 0.1) is 6.07 Å². The van der Waals surface area contributed by atoms with E-state index in [9.17, 15) is 4.79 Å². The van der Waals surface area contributed by atoms with E-state index in [0.29, 0.717) is 11.3 Å². The lowest BCUT2D eigenvalue weighted by molar-refractivity contribution is 0.0940. The summed E-state index contributed by atoms with van der Waals surface area (Å²) in [4.78, 5) is 12.0. The topological polar surface area (TPSA) is 55.1 Å². The van der Waals surface area contributed by atoms with Gasteiger partial charge in [0.2, 0.25) is 0 Å². The van der Waals surface area contributed by atoms with E-state index in [1.807, 2.05) is 37.3 Å². The summed E-state index contributed by atoms with van der Waals surface area (Å²) in [6.45, 7) is 1.95. The van der Waals surface area contributed by atoms with Crippen molar-refractivity contribution in [2.75, 3.05) is 5.73 Å². The Morgan fingerprint density at radius 3 is 2.67 bits per heavy atom. The van der Waals surface area contributed by atoms with Crippen LogP contribution in [-0.4, -0.2) is 5.91 Å². The Labute approximate surface area is 107 Å². The van der Waals surface area contributed by atoms with Gasteiger partial charge < -0.3 is 11.1 Å². The average molecular weight is 239 g/mol. The van der Waals surface area contributed by atoms with Crippen molar-refractivity contribution in [1.29, 1.82) is 0 Å². The molecule has 91 valence electrons. The molecule has 1 atom stereocenters. The van der Waals surface area contributed by atoms with E-state index in [1.54, 1.807) is 18.2 Å². The molecule has 0 aliphatic rings. The summed E-state index contributed by atoms with van der Waals surface area (Å²) in [5, 5.41) is 2.93. The Hall–Kier alpha value is -2.29. The molecule has 0 saturated heterocycles. The normalized spacial score (nSPS) is 11.8. The zero-order valence-corrected chi connectivity index (χ0v) is 10.2. The SMILES string of the molecule is CC(NC(=O)c1c[c]cc(N)c1)c1ccccc1. The highest BCUT2D eigenvalue weighted by atomic mass is 16.1. The molecular formula is C15H15N2O. The van der Waals surface area contributed by atoms with Crippen LogP contribution in [0.25, 0.3) is 0 Å². The zero-order valence-electron chi connectivity index (χ0n) is 10.2. The molecule has 0 aliphatic heterocycles. The Morgan fingerprint density at radius 2 is 2.00 bits per heavy atom. The minimum absolute atomic E-state index is 0.0415. The van der Waals surface area contributed by atoms with Gasteiger partial charge in [0.1, 0.15) is 0 Å². The molecule has 1 amide bonds. The van der Waals surface area contributed by atoms with Crippen molar-refractivity contribution in [3.8, 4) is 0 Å². The van der Waals surface area contributed by atoms with Crippen molar-refractivity contribution in [2.45, 2.75) is 13.0 Å². The van der Waals surface area contributed by atoms with Gasteiger partial charge >= 0.3 is 0 Å². The van der Waals surface area contributed by atoms with Gasteiger partial charge in [0.15, 0.2) is 0 Å². The molecule has 3 nitrogen and oxygen atoms in total. The summed E-state index contributed by atoms with van der Waals surface area (Å²) in [6.07, 6.45) is 0. The van der Waals surface area contributed by atoms with E-state index < -0.39 is 0 Å². The Morgan fingerprint density at radius 1 is 1.28 bits per heavy atom. The van der Waals surface area contributed by atoms with Crippen LogP contribution in [0.5, 0.6) is 0 Å². The molecule has 0 bridgehead atoms. The molecule has 1 unspecified atom stereocenters. The summed E-state index contributed by atoms with van der Waals surface area (Å²) < 4.78 is 0. The molecule has 1 radical (unpaired) electrons. The molecule has 0 fully saturated rings. The number of nitrogens with two attached hydrogens (primary N) is 1. The standard InChI is InChI=1S/C15H15N2O/c1-11(12-6-3-2-4-7-12)17-15(18)13-8-5-9-14(16)10-13/h2-4,6-11H,16H2,1H3,(H,17,18). The highest BCUT2D eigenvalue weighted by molar-refractivity contribution is 5.95. The van der Waals surface area contributed by atoms with Crippen LogP contribution >= 0.6 is 0 Å². The summed E-state index contributed by atoms with van der Waals surface area (Å²) in [6, 6.07) is 17.5. The fraction of sp³-hybridized carbons (Fsp3) is 0.133. The molecular weight excluding hydrogens is 224 g/mol. The van der Waals surface area contributed by atoms with E-state index in [1.165, 1.54) is 0 Å². The zero-order chi connectivity index (χ0) is 13.0. The van der Waals surface area contributed by atoms with Crippen molar-refractivity contribution in [1.82, 2.24) is 5.32 Å². The van der Waals surface area contributed by atoms with E-state index >= 15 is 0 Å². The largest absolute Gasteiger partial charge is 0.399 e. The molecule has 18 heavy (non-hydrogen) atoms. The Balaban J connectivity index is 2.08. The Kier molecular flexibility index (Phi) is 3.63. The smallest absolute Gasteiger partial charge is 0.251 e. The second kappa shape index (κ2) is 5.36. The number of rotatable bonds is 3. The summed E-state index contributed by atoms with van der Waals surface area (Å²) in [5.41, 5.74) is 7.76. The van der Waals surface area contributed by atoms with Gasteiger partial charge in [-0.1, -0.05) is 30.3 Å². The van der Waals surface area contributed by atoms with E-state index in [4.69, 9.17) is 5.73 Å². The van der Waals surface area contributed by atoms with Crippen LogP contribution in [-0.2, 0) is 0 Å². The van der Waals surface area contributed by atoms with Crippen LogP contribution in [0.4, 0.5) is 5.69 Å². The second-order valence-electron chi connectivity index (χ2n) is 4.16. The van der Waals surface area contributed by atoms with Gasteiger partial charge in [-0.2, -0.15) is 0 Å². The van der Waals surface area contributed by atoms with E-state index in [0.717, 1.165) is 5.56 Å². The molecule has 3 N–H and O–H groups in total. The molecule has 0 aliphatic carbocycles. The number of carbonyl (C=O) groups is 1. The maximum Gasteiger partial charge on any atom is 0.251 e. The maximum atomic E-state index is 12.0. The van der Waals surface area contributed by atoms with Crippen LogP contribution < -0.4 is 11.1 Å². The number of hydrogen-bond acceptors (Lipinski definition) is 2. The van der Waals surface area contributed by atoms with Crippen molar-refractivity contribution < 1.29 is 4.79 Å². The minimum atomic E-state index is -0.144. The number of anilines is 1. The molecule has 0 aromatic heterocycles. The summed E-state index contributed by atoms with van der Waals surface area (Å²) in [5.74, 6) is -0.144. The monoisotopic (exact) mass is 239 g/mol. The number of amides is 1. The average Bonchev–Trinajstić information content (AvgIpc) is 2.39. The number of nitrogen functional groups attached to an aromatic ring is 1. The molecule has 0 saturated carbocycles. The molecule has 0 spiro atoms. The maximum absolute atomic E-state index is 12.0. The van der Waals surface area contributed by atoms with Crippen molar-refractivity contribution >= 4 is 11.6 Å². The van der Waals surface area contributed by atoms with Crippen LogP contribution in [0.3, 0.4) is 0 Å². The molecule has 2 aromatic carbocycles. The lowest BCUT2D eigenvalue weighted by atomic mass is 10.1. The summed E-state index contributed by atoms with van der Waals surface area (Å²) >= 11 is 0. The van der Waals surface area contributed by atoms with E-state index in [-0.39, 0.29) is 11.9 Å². The minimum Gasteiger partial charge on any atom is -0.399 e. The van der Waals surface area contributed by atoms with Crippen LogP contribution in [0.15, 0.2) is 48.5 Å². The third kappa shape index (κ3) is 2.88. The second-order valence-corrected chi connectivity index (χ2v) is 4.16. The van der Waals surface area contributed by atoms with Gasteiger partial charge in [0.05, 0.1) is 6.04 Å². The van der Waals surface area contributed by atoms with Gasteiger partial charge in [-0.25, -0.2) is 0 Å². The first kappa shape index (κ1) is 12.2. The molecule has 0 heterocycles. The quantitative estimate of drug-likeness (QED) is 0.809. The van der Waals surface area contributed by atoms with Crippen molar-refractivity contribution in [3.63, 3.8) is 0 Å². The third-order valence-electron chi connectivity index (χ3n) is 2.72. The van der Waals surface area contributed by atoms with Gasteiger partial charge in [0, 0.05) is 11.3 Å². The fourth-order valence-corrected chi connectivity index (χ4v) is 1.73. The predicted molar refractivity (Wildman–Crippen MR) is 72.0 cm³/mol. The number of hydrogen-bond donors (Lipinski definition) is 2. The first-order chi connectivity index (χ1) is 8.66. The third-order valence-corrected chi connectivity index (χ3v) is 2.72. The van der Waals surface area contributed by atoms with Gasteiger partial charge in [-0.05, 0) is 36.8 Å². The van der Waals surface area contributed by atoms with Gasteiger partial charge in [-0.15, -0.1) is 0 Å². The lowest BCUT2D eigenvalue weighted by Gasteiger charge is -2.14. The first-order valence-electron chi connectivity index (χ1n) is 5.79. The summed E-state index contributed by atoms with van der Waals surface area (Å²) in [7, 11) is 0. The predicted octanol–water partition coefficient (Wildman–Crippen LogP) is 2.56. The highest BCUT2D eigenvalue weighted by Gasteiger charge is 2.10. The van der Waals surface area contributed by atoms with Crippen LogP contribution in [0.1, 0.15) is 28.9 Å². The highest BCUT2D eigenvalue weighted by Crippen LogP contribution is 2.13. The first-order valence-corrected chi connectivity index (χ1v) is 5.79. The van der Waals surface area contributed by atoms with Gasteiger partial charge in [-0.3, -0.25) is 4.79 Å². The lowest BCUT2D eigenvalue weighted by Crippen LogP contribution is -2.26. The van der Waals surface area contributed by atoms with Crippen molar-refractivity contribution in [2.24, 2.45) is 0 Å². The number of nitrogens with one attached hydrogen (secondary N) is 1. The molecule has 3 heteroatoms. The van der Waals surface area contributed by atoms with Gasteiger partial charge in [0.25, 0.3) is 5.91 Å². The molecule has 2 rings (SSSR count).